The lowest BCUT2D eigenvalue weighted by Gasteiger charge is -2.06. The molecule has 1 N–H and O–H groups in total. The molecule has 6 nitrogen and oxygen atoms in total. The molecule has 0 radical (unpaired) electrons. The highest BCUT2D eigenvalue weighted by Crippen LogP contribution is 2.31. The number of fused-ring (bicyclic) bond motifs is 1. The maximum atomic E-state index is 11.7. The number of nitrogens with one attached hydrogen (secondary N) is 1. The lowest BCUT2D eigenvalue weighted by Crippen LogP contribution is -2.24. The lowest BCUT2D eigenvalue weighted by atomic mass is 10.2. The highest BCUT2D eigenvalue weighted by Gasteiger charge is 2.12. The maximum Gasteiger partial charge on any atom is 0.277 e. The standard InChI is InChI=1S/C16H13ClN2O4/c17-12-3-1-2-4-13(12)21-9-16(20)19-18-8-11-5-6-14-15(7-11)23-10-22-14/h1-8H,9-10H2,(H,19,20). The molecule has 0 aliphatic carbocycles. The summed E-state index contributed by atoms with van der Waals surface area (Å²) < 4.78 is 15.8. The van der Waals surface area contributed by atoms with E-state index in [4.69, 9.17) is 25.8 Å². The van der Waals surface area contributed by atoms with E-state index >= 15 is 0 Å². The number of halogens is 1. The number of ether oxygens (including phenoxy) is 3. The first-order chi connectivity index (χ1) is 11.2. The number of hydrogen-bond donors (Lipinski definition) is 1. The fourth-order valence-electron chi connectivity index (χ4n) is 1.91. The van der Waals surface area contributed by atoms with Crippen LogP contribution in [0.15, 0.2) is 47.6 Å². The van der Waals surface area contributed by atoms with E-state index in [1.165, 1.54) is 6.21 Å². The summed E-state index contributed by atoms with van der Waals surface area (Å²) >= 11 is 5.93. The number of para-hydroxylation sites is 1. The third-order valence-corrected chi connectivity index (χ3v) is 3.31. The molecule has 23 heavy (non-hydrogen) atoms. The molecule has 7 heteroatoms. The molecule has 0 atom stereocenters. The van der Waals surface area contributed by atoms with Crippen molar-refractivity contribution in [3.05, 3.63) is 53.1 Å². The van der Waals surface area contributed by atoms with Crippen molar-refractivity contribution in [2.45, 2.75) is 0 Å². The molecule has 0 saturated heterocycles. The topological polar surface area (TPSA) is 69.2 Å². The third kappa shape index (κ3) is 3.92. The minimum atomic E-state index is -0.387. The summed E-state index contributed by atoms with van der Waals surface area (Å²) in [5.41, 5.74) is 3.16. The Morgan fingerprint density at radius 1 is 1.26 bits per heavy atom. The summed E-state index contributed by atoms with van der Waals surface area (Å²) in [5.74, 6) is 1.41. The number of amides is 1. The van der Waals surface area contributed by atoms with Gasteiger partial charge < -0.3 is 14.2 Å². The van der Waals surface area contributed by atoms with Crippen LogP contribution < -0.4 is 19.6 Å². The van der Waals surface area contributed by atoms with E-state index < -0.39 is 0 Å². The molecule has 118 valence electrons. The molecule has 0 spiro atoms. The molecule has 0 fully saturated rings. The molecule has 0 saturated carbocycles. The first kappa shape index (κ1) is 15.2. The zero-order chi connectivity index (χ0) is 16.1. The van der Waals surface area contributed by atoms with Gasteiger partial charge in [0.2, 0.25) is 6.79 Å². The van der Waals surface area contributed by atoms with Crippen molar-refractivity contribution in [2.24, 2.45) is 5.10 Å². The van der Waals surface area contributed by atoms with Gasteiger partial charge in [-0.05, 0) is 35.9 Å². The fourth-order valence-corrected chi connectivity index (χ4v) is 2.10. The van der Waals surface area contributed by atoms with Crippen LogP contribution in [0.25, 0.3) is 0 Å². The molecule has 3 rings (SSSR count). The zero-order valence-electron chi connectivity index (χ0n) is 12.0. The van der Waals surface area contributed by atoms with Crippen molar-refractivity contribution in [1.82, 2.24) is 5.43 Å². The Labute approximate surface area is 137 Å². The smallest absolute Gasteiger partial charge is 0.277 e. The number of carbonyl (C=O) groups excluding carboxylic acids is 1. The number of nitrogens with zero attached hydrogens (tertiary/aromatic N) is 1. The van der Waals surface area contributed by atoms with Crippen LogP contribution in [-0.4, -0.2) is 25.5 Å². The van der Waals surface area contributed by atoms with E-state index in [9.17, 15) is 4.79 Å². The van der Waals surface area contributed by atoms with Gasteiger partial charge in [-0.15, -0.1) is 0 Å². The Bertz CT molecular complexity index is 749. The van der Waals surface area contributed by atoms with E-state index in [-0.39, 0.29) is 19.3 Å². The number of benzene rings is 2. The van der Waals surface area contributed by atoms with Crippen molar-refractivity contribution in [1.29, 1.82) is 0 Å². The van der Waals surface area contributed by atoms with Gasteiger partial charge in [0.15, 0.2) is 18.1 Å². The van der Waals surface area contributed by atoms with Crippen LogP contribution >= 0.6 is 11.6 Å². The van der Waals surface area contributed by atoms with E-state index in [2.05, 4.69) is 10.5 Å². The van der Waals surface area contributed by atoms with E-state index in [1.807, 2.05) is 6.07 Å². The molecule has 0 bridgehead atoms. The van der Waals surface area contributed by atoms with Crippen LogP contribution in [0.4, 0.5) is 0 Å². The minimum Gasteiger partial charge on any atom is -0.482 e. The monoisotopic (exact) mass is 332 g/mol. The summed E-state index contributed by atoms with van der Waals surface area (Å²) in [6.45, 7) is 0.0360. The average molecular weight is 333 g/mol. The third-order valence-electron chi connectivity index (χ3n) is 2.99. The van der Waals surface area contributed by atoms with Gasteiger partial charge in [-0.2, -0.15) is 5.10 Å². The number of hydrazone groups is 1. The Hall–Kier alpha value is -2.73. The molecular formula is C16H13ClN2O4. The van der Waals surface area contributed by atoms with Gasteiger partial charge in [0, 0.05) is 0 Å². The first-order valence-corrected chi connectivity index (χ1v) is 7.19. The second-order valence-corrected chi connectivity index (χ2v) is 5.03. The fraction of sp³-hybridized carbons (Fsp3) is 0.125. The Morgan fingerprint density at radius 2 is 2.09 bits per heavy atom. The van der Waals surface area contributed by atoms with Crippen LogP contribution in [0, 0.1) is 0 Å². The molecule has 1 aliphatic heterocycles. The normalized spacial score (nSPS) is 12.4. The second-order valence-electron chi connectivity index (χ2n) is 4.62. The number of rotatable bonds is 5. The van der Waals surface area contributed by atoms with Gasteiger partial charge >= 0.3 is 0 Å². The molecule has 0 unspecified atom stereocenters. The van der Waals surface area contributed by atoms with Gasteiger partial charge in [-0.3, -0.25) is 4.79 Å². The van der Waals surface area contributed by atoms with Crippen molar-refractivity contribution in [3.63, 3.8) is 0 Å². The summed E-state index contributed by atoms with van der Waals surface area (Å²) in [6.07, 6.45) is 1.51. The van der Waals surface area contributed by atoms with Crippen LogP contribution in [0.3, 0.4) is 0 Å². The summed E-state index contributed by atoms with van der Waals surface area (Å²) in [4.78, 5) is 11.7. The van der Waals surface area contributed by atoms with Crippen LogP contribution in [0.1, 0.15) is 5.56 Å². The van der Waals surface area contributed by atoms with Crippen LogP contribution in [-0.2, 0) is 4.79 Å². The van der Waals surface area contributed by atoms with Crippen molar-refractivity contribution in [2.75, 3.05) is 13.4 Å². The predicted molar refractivity (Wildman–Crippen MR) is 85.2 cm³/mol. The Kier molecular flexibility index (Phi) is 4.63. The average Bonchev–Trinajstić information content (AvgIpc) is 3.02. The van der Waals surface area contributed by atoms with Gasteiger partial charge in [-0.1, -0.05) is 23.7 Å². The van der Waals surface area contributed by atoms with Gasteiger partial charge in [0.05, 0.1) is 11.2 Å². The highest BCUT2D eigenvalue weighted by molar-refractivity contribution is 6.32. The van der Waals surface area contributed by atoms with Gasteiger partial charge in [0.25, 0.3) is 5.91 Å². The predicted octanol–water partition coefficient (Wildman–Crippen LogP) is 2.60. The van der Waals surface area contributed by atoms with Crippen LogP contribution in [0.5, 0.6) is 17.2 Å². The summed E-state index contributed by atoms with van der Waals surface area (Å²) in [7, 11) is 0. The van der Waals surface area contributed by atoms with Crippen molar-refractivity contribution >= 4 is 23.7 Å². The largest absolute Gasteiger partial charge is 0.482 e. The first-order valence-electron chi connectivity index (χ1n) is 6.81. The second kappa shape index (κ2) is 7.02. The number of hydrogen-bond acceptors (Lipinski definition) is 5. The molecule has 2 aromatic rings. The van der Waals surface area contributed by atoms with Crippen LogP contribution in [0.2, 0.25) is 5.02 Å². The molecular weight excluding hydrogens is 320 g/mol. The Balaban J connectivity index is 1.50. The number of carbonyl (C=O) groups is 1. The van der Waals surface area contributed by atoms with E-state index in [0.29, 0.717) is 22.3 Å². The molecule has 1 amide bonds. The van der Waals surface area contributed by atoms with Gasteiger partial charge in [-0.25, -0.2) is 5.43 Å². The van der Waals surface area contributed by atoms with Crippen molar-refractivity contribution in [3.8, 4) is 17.2 Å². The molecule has 1 aliphatic rings. The summed E-state index contributed by atoms with van der Waals surface area (Å²) in [5, 5.41) is 4.32. The zero-order valence-corrected chi connectivity index (χ0v) is 12.7. The molecule has 2 aromatic carbocycles. The van der Waals surface area contributed by atoms with E-state index in [0.717, 1.165) is 5.56 Å². The quantitative estimate of drug-likeness (QED) is 0.675. The SMILES string of the molecule is O=C(COc1ccccc1Cl)NN=Cc1ccc2c(c1)OCO2. The van der Waals surface area contributed by atoms with Gasteiger partial charge in [0.1, 0.15) is 5.75 Å². The van der Waals surface area contributed by atoms with Crippen molar-refractivity contribution < 1.29 is 19.0 Å². The Morgan fingerprint density at radius 3 is 2.96 bits per heavy atom. The lowest BCUT2D eigenvalue weighted by molar-refractivity contribution is -0.123. The minimum absolute atomic E-state index is 0.178. The molecule has 0 aromatic heterocycles. The molecule has 1 heterocycles. The maximum absolute atomic E-state index is 11.7. The van der Waals surface area contributed by atoms with E-state index in [1.54, 1.807) is 36.4 Å². The summed E-state index contributed by atoms with van der Waals surface area (Å²) in [6, 6.07) is 12.3. The highest BCUT2D eigenvalue weighted by atomic mass is 35.5.